The van der Waals surface area contributed by atoms with E-state index in [0.717, 1.165) is 67.0 Å². The highest BCUT2D eigenvalue weighted by Gasteiger charge is 2.53. The van der Waals surface area contributed by atoms with Gasteiger partial charge in [-0.3, -0.25) is 9.89 Å². The van der Waals surface area contributed by atoms with Gasteiger partial charge in [0.25, 0.3) is 0 Å². The van der Waals surface area contributed by atoms with E-state index < -0.39 is 12.1 Å². The summed E-state index contributed by atoms with van der Waals surface area (Å²) in [6.45, 7) is 3.57. The molecule has 0 unspecified atom stereocenters. The second-order valence-electron chi connectivity index (χ2n) is 9.30. The van der Waals surface area contributed by atoms with Crippen LogP contribution in [0.4, 0.5) is 13.2 Å². The number of halogens is 3. The molecule has 2 aromatic carbocycles. The SMILES string of the molecule is COc1ccc(C2(C(=O)N3CCc4[nH]nc(-c5ccc(C)cc5)c4CC3)CC2)cc1.O=C(O)C(F)(F)F. The van der Waals surface area contributed by atoms with E-state index in [9.17, 15) is 18.0 Å². The number of carboxylic acid groups (broad SMARTS) is 1. The summed E-state index contributed by atoms with van der Waals surface area (Å²) in [5.41, 5.74) is 6.58. The molecule has 1 aliphatic carbocycles. The van der Waals surface area contributed by atoms with Gasteiger partial charge in [0.15, 0.2) is 0 Å². The molecule has 1 saturated carbocycles. The van der Waals surface area contributed by atoms with Crippen LogP contribution in [-0.2, 0) is 27.8 Å². The van der Waals surface area contributed by atoms with Gasteiger partial charge in [-0.1, -0.05) is 42.0 Å². The molecule has 0 spiro atoms. The Balaban J connectivity index is 0.000000405. The number of carbonyl (C=O) groups is 2. The Morgan fingerprint density at radius 3 is 2.16 bits per heavy atom. The molecule has 0 bridgehead atoms. The van der Waals surface area contributed by atoms with Crippen LogP contribution in [0.1, 0.15) is 35.2 Å². The van der Waals surface area contributed by atoms with E-state index in [1.807, 2.05) is 24.3 Å². The van der Waals surface area contributed by atoms with Gasteiger partial charge < -0.3 is 14.7 Å². The first kappa shape index (κ1) is 26.2. The van der Waals surface area contributed by atoms with Gasteiger partial charge in [0.2, 0.25) is 5.91 Å². The van der Waals surface area contributed by atoms with Gasteiger partial charge in [-0.25, -0.2) is 4.79 Å². The number of amides is 1. The number of methoxy groups -OCH3 is 1. The number of nitrogens with zero attached hydrogens (tertiary/aromatic N) is 2. The number of aryl methyl sites for hydroxylation is 1. The first-order valence-corrected chi connectivity index (χ1v) is 11.9. The summed E-state index contributed by atoms with van der Waals surface area (Å²) in [4.78, 5) is 24.5. The molecule has 2 aliphatic rings. The molecular weight excluding hydrogens is 487 g/mol. The number of hydrogen-bond acceptors (Lipinski definition) is 4. The number of aromatic nitrogens is 2. The number of carbonyl (C=O) groups excluding carboxylic acids is 1. The lowest BCUT2D eigenvalue weighted by molar-refractivity contribution is -0.192. The topological polar surface area (TPSA) is 95.5 Å². The summed E-state index contributed by atoms with van der Waals surface area (Å²) in [6, 6.07) is 16.5. The van der Waals surface area contributed by atoms with E-state index in [1.54, 1.807) is 7.11 Å². The highest BCUT2D eigenvalue weighted by molar-refractivity contribution is 5.91. The van der Waals surface area contributed by atoms with Crippen molar-refractivity contribution >= 4 is 11.9 Å². The van der Waals surface area contributed by atoms with Gasteiger partial charge in [0, 0.05) is 36.3 Å². The number of benzene rings is 2. The summed E-state index contributed by atoms with van der Waals surface area (Å²) < 4.78 is 37.0. The van der Waals surface area contributed by atoms with E-state index in [0.29, 0.717) is 0 Å². The standard InChI is InChI=1S/C25H27N3O2.C2HF3O2/c1-17-3-5-18(6-4-17)23-21-11-15-28(16-12-22(21)26-27-23)24(29)25(13-14-25)19-7-9-20(30-2)10-8-19;3-2(4,5)1(6)7/h3-10H,11-16H2,1-2H3,(H,26,27);(H,6,7). The monoisotopic (exact) mass is 515 g/mol. The number of hydrogen-bond donors (Lipinski definition) is 2. The van der Waals surface area contributed by atoms with Gasteiger partial charge in [-0.15, -0.1) is 0 Å². The fourth-order valence-corrected chi connectivity index (χ4v) is 4.60. The smallest absolute Gasteiger partial charge is 0.490 e. The van der Waals surface area contributed by atoms with Gasteiger partial charge in [-0.05, 0) is 43.9 Å². The highest BCUT2D eigenvalue weighted by Crippen LogP contribution is 2.50. The normalized spacial score (nSPS) is 16.1. The van der Waals surface area contributed by atoms with E-state index >= 15 is 0 Å². The molecule has 1 aliphatic heterocycles. The van der Waals surface area contributed by atoms with Crippen LogP contribution in [0.2, 0.25) is 0 Å². The summed E-state index contributed by atoms with van der Waals surface area (Å²) in [5, 5.41) is 15.0. The predicted molar refractivity (Wildman–Crippen MR) is 130 cm³/mol. The van der Waals surface area contributed by atoms with Crippen molar-refractivity contribution in [3.05, 3.63) is 70.9 Å². The number of alkyl halides is 3. The van der Waals surface area contributed by atoms with Crippen LogP contribution < -0.4 is 4.74 Å². The van der Waals surface area contributed by atoms with Crippen molar-refractivity contribution in [2.24, 2.45) is 0 Å². The second-order valence-corrected chi connectivity index (χ2v) is 9.30. The van der Waals surface area contributed by atoms with E-state index in [2.05, 4.69) is 46.3 Å². The molecule has 1 fully saturated rings. The Morgan fingerprint density at radius 2 is 1.62 bits per heavy atom. The minimum Gasteiger partial charge on any atom is -0.497 e. The number of H-pyrrole nitrogens is 1. The molecule has 1 aromatic heterocycles. The first-order chi connectivity index (χ1) is 17.5. The van der Waals surface area contributed by atoms with Crippen LogP contribution in [0.5, 0.6) is 5.75 Å². The molecule has 196 valence electrons. The summed E-state index contributed by atoms with van der Waals surface area (Å²) in [7, 11) is 1.67. The number of carboxylic acids is 1. The third-order valence-electron chi connectivity index (χ3n) is 6.87. The average molecular weight is 516 g/mol. The molecule has 2 heterocycles. The zero-order chi connectivity index (χ0) is 26.8. The van der Waals surface area contributed by atoms with Crippen LogP contribution in [-0.4, -0.2) is 58.5 Å². The predicted octanol–water partition coefficient (Wildman–Crippen LogP) is 4.69. The summed E-state index contributed by atoms with van der Waals surface area (Å²) in [5.74, 6) is -1.67. The lowest BCUT2D eigenvalue weighted by Crippen LogP contribution is -2.40. The van der Waals surface area contributed by atoms with Crippen molar-refractivity contribution in [3.63, 3.8) is 0 Å². The lowest BCUT2D eigenvalue weighted by atomic mass is 9.94. The van der Waals surface area contributed by atoms with E-state index in [-0.39, 0.29) is 11.3 Å². The van der Waals surface area contributed by atoms with Gasteiger partial charge >= 0.3 is 12.1 Å². The van der Waals surface area contributed by atoms with Crippen molar-refractivity contribution < 1.29 is 32.6 Å². The number of ether oxygens (including phenoxy) is 1. The molecule has 37 heavy (non-hydrogen) atoms. The maximum absolute atomic E-state index is 13.5. The molecule has 0 saturated heterocycles. The van der Waals surface area contributed by atoms with Crippen molar-refractivity contribution in [1.82, 2.24) is 15.1 Å². The maximum atomic E-state index is 13.5. The van der Waals surface area contributed by atoms with Crippen LogP contribution in [0.25, 0.3) is 11.3 Å². The number of aromatic amines is 1. The van der Waals surface area contributed by atoms with Crippen molar-refractivity contribution in [1.29, 1.82) is 0 Å². The first-order valence-electron chi connectivity index (χ1n) is 11.9. The third kappa shape index (κ3) is 5.63. The number of aliphatic carboxylic acids is 1. The number of nitrogens with one attached hydrogen (secondary N) is 1. The Bertz CT molecular complexity index is 1260. The van der Waals surface area contributed by atoms with Crippen molar-refractivity contribution in [3.8, 4) is 17.0 Å². The quantitative estimate of drug-likeness (QED) is 0.526. The van der Waals surface area contributed by atoms with Gasteiger partial charge in [-0.2, -0.15) is 18.3 Å². The van der Waals surface area contributed by atoms with E-state index in [4.69, 9.17) is 14.6 Å². The minimum atomic E-state index is -5.08. The summed E-state index contributed by atoms with van der Waals surface area (Å²) >= 11 is 0. The second kappa shape index (κ2) is 10.3. The zero-order valence-electron chi connectivity index (χ0n) is 20.6. The molecule has 1 amide bonds. The average Bonchev–Trinajstić information content (AvgIpc) is 3.63. The minimum absolute atomic E-state index is 0.266. The largest absolute Gasteiger partial charge is 0.497 e. The molecule has 0 atom stereocenters. The Labute approximate surface area is 212 Å². The third-order valence-corrected chi connectivity index (χ3v) is 6.87. The maximum Gasteiger partial charge on any atom is 0.490 e. The Hall–Kier alpha value is -3.82. The highest BCUT2D eigenvalue weighted by atomic mass is 19.4. The summed E-state index contributed by atoms with van der Waals surface area (Å²) in [6.07, 6.45) is -1.58. The molecule has 3 aromatic rings. The van der Waals surface area contributed by atoms with E-state index in [1.165, 1.54) is 11.1 Å². The molecule has 2 N–H and O–H groups in total. The van der Waals surface area contributed by atoms with Gasteiger partial charge in [0.1, 0.15) is 5.75 Å². The van der Waals surface area contributed by atoms with Crippen molar-refractivity contribution in [2.45, 2.75) is 44.2 Å². The van der Waals surface area contributed by atoms with Crippen LogP contribution in [0, 0.1) is 6.92 Å². The van der Waals surface area contributed by atoms with Crippen LogP contribution in [0.15, 0.2) is 48.5 Å². The number of rotatable bonds is 4. The molecule has 5 rings (SSSR count). The molecular formula is C27H28F3N3O4. The molecule has 0 radical (unpaired) electrons. The zero-order valence-corrected chi connectivity index (χ0v) is 20.6. The van der Waals surface area contributed by atoms with Crippen LogP contribution in [0.3, 0.4) is 0 Å². The fourth-order valence-electron chi connectivity index (χ4n) is 4.60. The van der Waals surface area contributed by atoms with Gasteiger partial charge in [0.05, 0.1) is 18.2 Å². The van der Waals surface area contributed by atoms with Crippen LogP contribution >= 0.6 is 0 Å². The Kier molecular flexibility index (Phi) is 7.29. The Morgan fingerprint density at radius 1 is 1.03 bits per heavy atom. The molecule has 7 nitrogen and oxygen atoms in total. The molecule has 10 heteroatoms. The number of fused-ring (bicyclic) bond motifs is 1. The lowest BCUT2D eigenvalue weighted by Gasteiger charge is -2.26. The fraction of sp³-hybridized carbons (Fsp3) is 0.370. The van der Waals surface area contributed by atoms with Crippen molar-refractivity contribution in [2.75, 3.05) is 20.2 Å².